The highest BCUT2D eigenvalue weighted by molar-refractivity contribution is 5.90. The number of piperazine rings is 1. The molecular formula is C28H33Cl2N3O4. The van der Waals surface area contributed by atoms with Gasteiger partial charge in [-0.1, -0.05) is 18.2 Å². The van der Waals surface area contributed by atoms with Crippen LogP contribution in [0.1, 0.15) is 17.5 Å². The molecule has 1 saturated heterocycles. The van der Waals surface area contributed by atoms with Crippen molar-refractivity contribution in [3.8, 4) is 11.5 Å². The molecule has 7 nitrogen and oxygen atoms in total. The van der Waals surface area contributed by atoms with Crippen LogP contribution in [0.3, 0.4) is 0 Å². The number of aryl methyl sites for hydroxylation is 1. The molecule has 0 unspecified atom stereocenters. The van der Waals surface area contributed by atoms with Crippen LogP contribution in [0.5, 0.6) is 11.5 Å². The average molecular weight is 546 g/mol. The fourth-order valence-corrected chi connectivity index (χ4v) is 4.75. The summed E-state index contributed by atoms with van der Waals surface area (Å²) >= 11 is 0. The molecule has 9 heteroatoms. The van der Waals surface area contributed by atoms with E-state index in [-0.39, 0.29) is 30.4 Å². The van der Waals surface area contributed by atoms with Crippen LogP contribution in [0.25, 0.3) is 21.9 Å². The number of para-hydroxylation sites is 1. The summed E-state index contributed by atoms with van der Waals surface area (Å²) in [6.45, 7) is 9.27. The van der Waals surface area contributed by atoms with Crippen molar-refractivity contribution < 1.29 is 13.9 Å². The lowest BCUT2D eigenvalue weighted by Gasteiger charge is -2.36. The van der Waals surface area contributed by atoms with Gasteiger partial charge >= 0.3 is 5.63 Å². The minimum atomic E-state index is -0.317. The van der Waals surface area contributed by atoms with Crippen LogP contribution in [0.2, 0.25) is 0 Å². The first-order chi connectivity index (χ1) is 17.0. The van der Waals surface area contributed by atoms with Crippen LogP contribution in [0.4, 0.5) is 5.69 Å². The summed E-state index contributed by atoms with van der Waals surface area (Å²) in [5, 5.41) is 2.05. The summed E-state index contributed by atoms with van der Waals surface area (Å²) in [4.78, 5) is 21.5. The minimum Gasteiger partial charge on any atom is -0.493 e. The maximum absolute atomic E-state index is 12.0. The molecule has 0 saturated carbocycles. The Kier molecular flexibility index (Phi) is 9.65. The number of hydrogen-bond donors (Lipinski definition) is 0. The zero-order valence-electron chi connectivity index (χ0n) is 21.4. The van der Waals surface area contributed by atoms with Gasteiger partial charge in [-0.05, 0) is 44.0 Å². The Morgan fingerprint density at radius 1 is 0.973 bits per heavy atom. The molecule has 0 amide bonds. The molecule has 0 radical (unpaired) electrons. The number of anilines is 1. The Balaban J connectivity index is 0.00000190. The van der Waals surface area contributed by atoms with Crippen molar-refractivity contribution in [2.24, 2.45) is 0 Å². The van der Waals surface area contributed by atoms with Crippen molar-refractivity contribution in [3.05, 3.63) is 70.2 Å². The molecule has 3 heterocycles. The van der Waals surface area contributed by atoms with E-state index in [1.54, 1.807) is 20.1 Å². The molecule has 0 bridgehead atoms. The molecule has 4 aromatic rings. The van der Waals surface area contributed by atoms with E-state index in [1.807, 2.05) is 25.3 Å². The Bertz CT molecular complexity index is 1410. The van der Waals surface area contributed by atoms with E-state index < -0.39 is 0 Å². The van der Waals surface area contributed by atoms with Crippen LogP contribution in [-0.2, 0) is 0 Å². The molecule has 5 rings (SSSR count). The van der Waals surface area contributed by atoms with Gasteiger partial charge in [0.05, 0.1) is 24.9 Å². The van der Waals surface area contributed by atoms with Gasteiger partial charge in [0, 0.05) is 61.3 Å². The van der Waals surface area contributed by atoms with Gasteiger partial charge in [0.1, 0.15) is 5.58 Å². The van der Waals surface area contributed by atoms with Crippen LogP contribution in [-0.4, -0.2) is 56.3 Å². The zero-order valence-corrected chi connectivity index (χ0v) is 23.0. The van der Waals surface area contributed by atoms with Crippen molar-refractivity contribution in [2.75, 3.05) is 51.3 Å². The number of fused-ring (bicyclic) bond motifs is 2. The maximum Gasteiger partial charge on any atom is 0.339 e. The van der Waals surface area contributed by atoms with Gasteiger partial charge in [-0.15, -0.1) is 24.8 Å². The smallest absolute Gasteiger partial charge is 0.339 e. The molecule has 1 fully saturated rings. The number of pyridine rings is 1. The first-order valence-corrected chi connectivity index (χ1v) is 12.1. The lowest BCUT2D eigenvalue weighted by atomic mass is 10.1. The number of ether oxygens (including phenoxy) is 2. The predicted molar refractivity (Wildman–Crippen MR) is 154 cm³/mol. The van der Waals surface area contributed by atoms with Gasteiger partial charge in [0.15, 0.2) is 11.5 Å². The summed E-state index contributed by atoms with van der Waals surface area (Å²) in [5.74, 6) is 1.24. The molecule has 37 heavy (non-hydrogen) atoms. The zero-order chi connectivity index (χ0) is 24.4. The molecule has 0 spiro atoms. The predicted octanol–water partition coefficient (Wildman–Crippen LogP) is 5.40. The molecule has 0 aliphatic carbocycles. The number of halogens is 2. The topological polar surface area (TPSA) is 68.0 Å². The average Bonchev–Trinajstić information content (AvgIpc) is 2.90. The van der Waals surface area contributed by atoms with Crippen molar-refractivity contribution in [1.82, 2.24) is 9.88 Å². The highest BCUT2D eigenvalue weighted by Gasteiger charge is 2.19. The van der Waals surface area contributed by atoms with E-state index in [0.717, 1.165) is 55.6 Å². The molecule has 2 aromatic heterocycles. The molecule has 1 aliphatic heterocycles. The SMILES string of the molecule is COc1cc2oc(=O)c(C)c(C)c2cc1OCCCN1CCN(c2cccc3cccnc23)CC1.Cl.Cl. The van der Waals surface area contributed by atoms with Gasteiger partial charge in [-0.25, -0.2) is 4.79 Å². The second-order valence-electron chi connectivity index (χ2n) is 9.02. The van der Waals surface area contributed by atoms with E-state index >= 15 is 0 Å². The first-order valence-electron chi connectivity index (χ1n) is 12.1. The summed E-state index contributed by atoms with van der Waals surface area (Å²) in [6, 6.07) is 14.1. The summed E-state index contributed by atoms with van der Waals surface area (Å²) in [5.41, 5.74) is 4.01. The van der Waals surface area contributed by atoms with Gasteiger partial charge in [-0.2, -0.15) is 0 Å². The normalized spacial score (nSPS) is 13.8. The molecule has 1 aliphatic rings. The van der Waals surface area contributed by atoms with E-state index in [9.17, 15) is 4.79 Å². The number of hydrogen-bond acceptors (Lipinski definition) is 7. The lowest BCUT2D eigenvalue weighted by Crippen LogP contribution is -2.46. The number of nitrogens with zero attached hydrogens (tertiary/aromatic N) is 3. The quantitative estimate of drug-likeness (QED) is 0.227. The summed E-state index contributed by atoms with van der Waals surface area (Å²) < 4.78 is 17.0. The minimum absolute atomic E-state index is 0. The Hall–Kier alpha value is -3.00. The largest absolute Gasteiger partial charge is 0.493 e. The van der Waals surface area contributed by atoms with Crippen LogP contribution in [0, 0.1) is 13.8 Å². The second kappa shape index (κ2) is 12.5. The van der Waals surface area contributed by atoms with Crippen molar-refractivity contribution >= 4 is 52.4 Å². The Labute approximate surface area is 229 Å². The van der Waals surface area contributed by atoms with Crippen LogP contribution in [0.15, 0.2) is 57.9 Å². The second-order valence-corrected chi connectivity index (χ2v) is 9.02. The number of rotatable bonds is 7. The fourth-order valence-electron chi connectivity index (χ4n) is 4.75. The third-order valence-electron chi connectivity index (χ3n) is 6.94. The van der Waals surface area contributed by atoms with Gasteiger partial charge < -0.3 is 18.8 Å². The van der Waals surface area contributed by atoms with E-state index in [1.165, 1.54) is 11.1 Å². The standard InChI is InChI=1S/C28H31N3O4.2ClH/c1-19-20(2)28(32)35-24-18-25(33-3)26(17-22(19)24)34-16-6-11-30-12-14-31(15-13-30)23-9-4-7-21-8-5-10-29-27(21)23;;/h4-5,7-10,17-18H,6,11-16H2,1-3H3;2*1H. The molecule has 0 atom stereocenters. The van der Waals surface area contributed by atoms with Crippen molar-refractivity contribution in [2.45, 2.75) is 20.3 Å². The van der Waals surface area contributed by atoms with Gasteiger partial charge in [0.25, 0.3) is 0 Å². The fraction of sp³-hybridized carbons (Fsp3) is 0.357. The van der Waals surface area contributed by atoms with E-state index in [0.29, 0.717) is 29.3 Å². The number of aromatic nitrogens is 1. The monoisotopic (exact) mass is 545 g/mol. The van der Waals surface area contributed by atoms with Crippen molar-refractivity contribution in [1.29, 1.82) is 0 Å². The number of methoxy groups -OCH3 is 1. The molecule has 0 N–H and O–H groups in total. The van der Waals surface area contributed by atoms with E-state index in [4.69, 9.17) is 13.9 Å². The number of benzene rings is 2. The summed E-state index contributed by atoms with van der Waals surface area (Å²) in [7, 11) is 1.60. The van der Waals surface area contributed by atoms with Crippen LogP contribution >= 0.6 is 24.8 Å². The molecular weight excluding hydrogens is 513 g/mol. The Morgan fingerprint density at radius 2 is 1.73 bits per heavy atom. The maximum atomic E-state index is 12.0. The summed E-state index contributed by atoms with van der Waals surface area (Å²) in [6.07, 6.45) is 2.78. The van der Waals surface area contributed by atoms with Crippen LogP contribution < -0.4 is 20.0 Å². The van der Waals surface area contributed by atoms with E-state index in [2.05, 4.69) is 39.0 Å². The highest BCUT2D eigenvalue weighted by atomic mass is 35.5. The third kappa shape index (κ3) is 5.95. The molecule has 2 aromatic carbocycles. The van der Waals surface area contributed by atoms with Crippen molar-refractivity contribution in [3.63, 3.8) is 0 Å². The lowest BCUT2D eigenvalue weighted by molar-refractivity contribution is 0.221. The van der Waals surface area contributed by atoms with Gasteiger partial charge in [-0.3, -0.25) is 9.88 Å². The third-order valence-corrected chi connectivity index (χ3v) is 6.94. The Morgan fingerprint density at radius 3 is 2.49 bits per heavy atom. The first kappa shape index (κ1) is 28.6. The van der Waals surface area contributed by atoms with Gasteiger partial charge in [0.2, 0.25) is 0 Å². The molecule has 198 valence electrons. The highest BCUT2D eigenvalue weighted by Crippen LogP contribution is 2.34.